The topological polar surface area (TPSA) is 46.6 Å². The Morgan fingerprint density at radius 2 is 2.19 bits per heavy atom. The summed E-state index contributed by atoms with van der Waals surface area (Å²) in [6.07, 6.45) is 5.30. The zero-order chi connectivity index (χ0) is 11.9. The molecule has 0 saturated carbocycles. The van der Waals surface area contributed by atoms with E-state index >= 15 is 0 Å². The number of allylic oxidation sites excluding steroid dienone is 2. The van der Waals surface area contributed by atoms with Crippen LogP contribution in [0.25, 0.3) is 0 Å². The summed E-state index contributed by atoms with van der Waals surface area (Å²) in [7, 11) is 1.48. The highest BCUT2D eigenvalue weighted by Crippen LogP contribution is 2.43. The molecule has 0 aromatic rings. The zero-order valence-corrected chi connectivity index (χ0v) is 9.69. The van der Waals surface area contributed by atoms with E-state index in [4.69, 9.17) is 4.84 Å². The van der Waals surface area contributed by atoms with Crippen LogP contribution in [-0.4, -0.2) is 29.4 Å². The van der Waals surface area contributed by atoms with E-state index in [2.05, 4.69) is 0 Å². The van der Waals surface area contributed by atoms with Crippen molar-refractivity contribution in [3.8, 4) is 0 Å². The lowest BCUT2D eigenvalue weighted by Gasteiger charge is -2.39. The molecule has 1 heterocycles. The van der Waals surface area contributed by atoms with Crippen molar-refractivity contribution < 1.29 is 14.4 Å². The first-order valence-corrected chi connectivity index (χ1v) is 5.31. The van der Waals surface area contributed by atoms with Crippen LogP contribution in [0.3, 0.4) is 0 Å². The molecule has 0 unspecified atom stereocenters. The smallest absolute Gasteiger partial charge is 0.247 e. The highest BCUT2D eigenvalue weighted by Gasteiger charge is 2.52. The molecule has 4 nitrogen and oxygen atoms in total. The van der Waals surface area contributed by atoms with Gasteiger partial charge in [0, 0.05) is 6.42 Å². The summed E-state index contributed by atoms with van der Waals surface area (Å²) in [6.45, 7) is 3.86. The maximum atomic E-state index is 11.8. The van der Waals surface area contributed by atoms with E-state index in [0.717, 1.165) is 5.57 Å². The molecule has 1 fully saturated rings. The van der Waals surface area contributed by atoms with Gasteiger partial charge in [-0.1, -0.05) is 6.92 Å². The molecular weight excluding hydrogens is 206 g/mol. The van der Waals surface area contributed by atoms with Gasteiger partial charge in [0.25, 0.3) is 0 Å². The van der Waals surface area contributed by atoms with Crippen LogP contribution in [-0.2, 0) is 14.4 Å². The van der Waals surface area contributed by atoms with Crippen LogP contribution in [0, 0.1) is 5.92 Å². The van der Waals surface area contributed by atoms with Gasteiger partial charge in [0.1, 0.15) is 5.54 Å². The van der Waals surface area contributed by atoms with Crippen molar-refractivity contribution in [2.75, 3.05) is 7.11 Å². The molecule has 1 spiro atoms. The van der Waals surface area contributed by atoms with Crippen molar-refractivity contribution in [2.45, 2.75) is 25.8 Å². The highest BCUT2D eigenvalue weighted by molar-refractivity contribution is 6.02. The number of amides is 1. The molecule has 2 atom stereocenters. The molecular formula is C12H15NO3. The Morgan fingerprint density at radius 3 is 2.75 bits per heavy atom. The quantitative estimate of drug-likeness (QED) is 0.669. The summed E-state index contributed by atoms with van der Waals surface area (Å²) < 4.78 is 0. The first kappa shape index (κ1) is 11.1. The van der Waals surface area contributed by atoms with E-state index in [-0.39, 0.29) is 17.6 Å². The van der Waals surface area contributed by atoms with Crippen molar-refractivity contribution in [1.29, 1.82) is 0 Å². The van der Waals surface area contributed by atoms with E-state index in [1.165, 1.54) is 18.2 Å². The van der Waals surface area contributed by atoms with Crippen LogP contribution in [0.5, 0.6) is 0 Å². The molecule has 0 bridgehead atoms. The van der Waals surface area contributed by atoms with E-state index < -0.39 is 5.54 Å². The Labute approximate surface area is 94.5 Å². The molecule has 2 rings (SSSR count). The monoisotopic (exact) mass is 221 g/mol. The van der Waals surface area contributed by atoms with E-state index in [0.29, 0.717) is 6.42 Å². The third kappa shape index (κ3) is 1.26. The number of hydrogen-bond acceptors (Lipinski definition) is 3. The molecule has 16 heavy (non-hydrogen) atoms. The second kappa shape index (κ2) is 3.56. The van der Waals surface area contributed by atoms with Crippen LogP contribution < -0.4 is 0 Å². The van der Waals surface area contributed by atoms with Crippen LogP contribution in [0.15, 0.2) is 23.8 Å². The molecule has 0 N–H and O–H groups in total. The van der Waals surface area contributed by atoms with E-state index in [9.17, 15) is 9.59 Å². The second-order valence-corrected chi connectivity index (χ2v) is 4.36. The largest absolute Gasteiger partial charge is 0.290 e. The summed E-state index contributed by atoms with van der Waals surface area (Å²) in [6, 6.07) is 0. The van der Waals surface area contributed by atoms with Crippen molar-refractivity contribution in [2.24, 2.45) is 5.92 Å². The Bertz CT molecular complexity index is 410. The van der Waals surface area contributed by atoms with E-state index in [1.807, 2.05) is 13.8 Å². The van der Waals surface area contributed by atoms with Crippen LogP contribution in [0.4, 0.5) is 0 Å². The lowest BCUT2D eigenvalue weighted by atomic mass is 9.77. The third-order valence-corrected chi connectivity index (χ3v) is 3.47. The van der Waals surface area contributed by atoms with Crippen LogP contribution >= 0.6 is 0 Å². The van der Waals surface area contributed by atoms with Crippen molar-refractivity contribution >= 4 is 11.7 Å². The minimum atomic E-state index is -0.570. The van der Waals surface area contributed by atoms with Gasteiger partial charge in [-0.05, 0) is 36.6 Å². The summed E-state index contributed by atoms with van der Waals surface area (Å²) in [5.41, 5.74) is 0.292. The van der Waals surface area contributed by atoms with Gasteiger partial charge >= 0.3 is 0 Å². The fourth-order valence-corrected chi connectivity index (χ4v) is 2.66. The standard InChI is InChI=1S/C12H15NO3/c1-8-6-10(14)4-5-12(8)9(2)7-11(15)13(12)16-3/h4-6,9H,7H2,1-3H3/t9-,12+/m1/s1. The number of hydrogen-bond donors (Lipinski definition) is 0. The lowest BCUT2D eigenvalue weighted by molar-refractivity contribution is -0.185. The fourth-order valence-electron chi connectivity index (χ4n) is 2.66. The van der Waals surface area contributed by atoms with Gasteiger partial charge in [-0.25, -0.2) is 5.06 Å². The van der Waals surface area contributed by atoms with Gasteiger partial charge in [0.2, 0.25) is 5.91 Å². The minimum Gasteiger partial charge on any atom is -0.290 e. The van der Waals surface area contributed by atoms with E-state index in [1.54, 1.807) is 12.2 Å². The molecule has 0 aromatic carbocycles. The van der Waals surface area contributed by atoms with Crippen LogP contribution in [0.1, 0.15) is 20.3 Å². The van der Waals surface area contributed by atoms with Gasteiger partial charge < -0.3 is 0 Å². The predicted molar refractivity (Wildman–Crippen MR) is 58.3 cm³/mol. The maximum Gasteiger partial charge on any atom is 0.247 e. The zero-order valence-electron chi connectivity index (χ0n) is 9.69. The van der Waals surface area contributed by atoms with Gasteiger partial charge in [-0.3, -0.25) is 14.4 Å². The minimum absolute atomic E-state index is 0.0364. The average Bonchev–Trinajstić information content (AvgIpc) is 2.45. The molecule has 1 amide bonds. The molecule has 0 aromatic heterocycles. The third-order valence-electron chi connectivity index (χ3n) is 3.47. The Balaban J connectivity index is 2.51. The molecule has 1 aliphatic heterocycles. The number of carbonyl (C=O) groups is 2. The highest BCUT2D eigenvalue weighted by atomic mass is 16.7. The molecule has 1 saturated heterocycles. The number of nitrogens with zero attached hydrogens (tertiary/aromatic N) is 1. The van der Waals surface area contributed by atoms with Crippen molar-refractivity contribution in [3.05, 3.63) is 23.8 Å². The fraction of sp³-hybridized carbons (Fsp3) is 0.500. The second-order valence-electron chi connectivity index (χ2n) is 4.36. The van der Waals surface area contributed by atoms with Crippen molar-refractivity contribution in [1.82, 2.24) is 5.06 Å². The number of ketones is 1. The molecule has 2 aliphatic rings. The normalized spacial score (nSPS) is 33.8. The van der Waals surface area contributed by atoms with Gasteiger partial charge in [-0.15, -0.1) is 0 Å². The van der Waals surface area contributed by atoms with Gasteiger partial charge in [0.05, 0.1) is 7.11 Å². The Kier molecular flexibility index (Phi) is 2.46. The predicted octanol–water partition coefficient (Wildman–Crippen LogP) is 1.24. The maximum absolute atomic E-state index is 11.8. The summed E-state index contributed by atoms with van der Waals surface area (Å²) in [5, 5.41) is 1.38. The average molecular weight is 221 g/mol. The molecule has 86 valence electrons. The first-order chi connectivity index (χ1) is 7.52. The summed E-state index contributed by atoms with van der Waals surface area (Å²) in [5.74, 6) is 0.0352. The SMILES string of the molecule is CON1C(=O)C[C@@H](C)[C@@]12C=CC(=O)C=C2C. The number of hydroxylamine groups is 2. The summed E-state index contributed by atoms with van der Waals surface area (Å²) >= 11 is 0. The first-order valence-electron chi connectivity index (χ1n) is 5.31. The number of rotatable bonds is 1. The van der Waals surface area contributed by atoms with Gasteiger partial charge in [0.15, 0.2) is 5.78 Å². The molecule has 1 aliphatic carbocycles. The Morgan fingerprint density at radius 1 is 1.50 bits per heavy atom. The molecule has 0 radical (unpaired) electrons. The van der Waals surface area contributed by atoms with Crippen LogP contribution in [0.2, 0.25) is 0 Å². The summed E-state index contributed by atoms with van der Waals surface area (Å²) in [4.78, 5) is 28.2. The Hall–Kier alpha value is -1.42. The van der Waals surface area contributed by atoms with Gasteiger partial charge in [-0.2, -0.15) is 0 Å². The van der Waals surface area contributed by atoms with Crippen molar-refractivity contribution in [3.63, 3.8) is 0 Å². The lowest BCUT2D eigenvalue weighted by Crippen LogP contribution is -2.48. The molecule has 4 heteroatoms. The number of carbonyl (C=O) groups excluding carboxylic acids is 2.